The molecule has 1 N–H and O–H groups in total. The summed E-state index contributed by atoms with van der Waals surface area (Å²) in [5.41, 5.74) is 1.20. The lowest BCUT2D eigenvalue weighted by molar-refractivity contribution is -0.148. The van der Waals surface area contributed by atoms with Crippen LogP contribution in [0.1, 0.15) is 5.56 Å². The van der Waals surface area contributed by atoms with Crippen LogP contribution in [-0.4, -0.2) is 43.2 Å². The average molecular weight is 328 g/mol. The van der Waals surface area contributed by atoms with Crippen LogP contribution in [0.3, 0.4) is 0 Å². The van der Waals surface area contributed by atoms with E-state index in [4.69, 9.17) is 9.47 Å². The van der Waals surface area contributed by atoms with Crippen molar-refractivity contribution in [1.82, 2.24) is 5.32 Å². The van der Waals surface area contributed by atoms with E-state index < -0.39 is 6.10 Å². The molecule has 1 amide bonds. The monoisotopic (exact) mass is 327 g/mol. The van der Waals surface area contributed by atoms with Crippen LogP contribution in [0.15, 0.2) is 30.3 Å². The molecule has 0 radical (unpaired) electrons. The van der Waals surface area contributed by atoms with E-state index >= 15 is 0 Å². The summed E-state index contributed by atoms with van der Waals surface area (Å²) in [6, 6.07) is 10.2. The van der Waals surface area contributed by atoms with Gasteiger partial charge in [0.05, 0.1) is 19.8 Å². The Hall–Kier alpha value is -0.910. The second-order valence-corrected chi connectivity index (χ2v) is 5.13. The first-order valence-electron chi connectivity index (χ1n) is 6.39. The highest BCUT2D eigenvalue weighted by Gasteiger charge is 2.24. The quantitative estimate of drug-likeness (QED) is 0.834. The third-order valence-electron chi connectivity index (χ3n) is 2.97. The average Bonchev–Trinajstić information content (AvgIpc) is 2.48. The van der Waals surface area contributed by atoms with Crippen molar-refractivity contribution in [3.05, 3.63) is 35.9 Å². The smallest absolute Gasteiger partial charge is 0.251 e. The molecule has 1 heterocycles. The molecule has 0 aromatic heterocycles. The summed E-state index contributed by atoms with van der Waals surface area (Å²) in [4.78, 5) is 12.0. The van der Waals surface area contributed by atoms with E-state index in [2.05, 4.69) is 33.4 Å². The minimum Gasteiger partial charge on any atom is -0.376 e. The number of rotatable bonds is 5. The third kappa shape index (κ3) is 4.60. The Morgan fingerprint density at radius 3 is 2.79 bits per heavy atom. The Kier molecular flexibility index (Phi) is 5.82. The van der Waals surface area contributed by atoms with Crippen molar-refractivity contribution in [2.24, 2.45) is 0 Å². The SMILES string of the molecule is O=C(NC(CBr)Cc1ccccc1)C1COCCO1. The van der Waals surface area contributed by atoms with Gasteiger partial charge in [-0.15, -0.1) is 0 Å². The van der Waals surface area contributed by atoms with Gasteiger partial charge in [0, 0.05) is 11.4 Å². The molecule has 0 bridgehead atoms. The summed E-state index contributed by atoms with van der Waals surface area (Å²) in [5, 5.41) is 3.70. The standard InChI is InChI=1S/C14H18BrNO3/c15-9-12(8-11-4-2-1-3-5-11)16-14(17)13-10-18-6-7-19-13/h1-5,12-13H,6-10H2,(H,16,17). The third-order valence-corrected chi connectivity index (χ3v) is 3.75. The Labute approximate surface area is 121 Å². The molecule has 104 valence electrons. The van der Waals surface area contributed by atoms with Crippen molar-refractivity contribution in [1.29, 1.82) is 0 Å². The fourth-order valence-electron chi connectivity index (χ4n) is 1.98. The van der Waals surface area contributed by atoms with Gasteiger partial charge in [0.2, 0.25) is 0 Å². The van der Waals surface area contributed by atoms with Gasteiger partial charge < -0.3 is 14.8 Å². The van der Waals surface area contributed by atoms with Crippen LogP contribution in [0, 0.1) is 0 Å². The van der Waals surface area contributed by atoms with Crippen LogP contribution in [0.4, 0.5) is 0 Å². The number of amides is 1. The first-order chi connectivity index (χ1) is 9.29. The number of halogens is 1. The molecule has 0 saturated carbocycles. The number of carbonyl (C=O) groups is 1. The predicted molar refractivity (Wildman–Crippen MR) is 76.4 cm³/mol. The zero-order chi connectivity index (χ0) is 13.5. The van der Waals surface area contributed by atoms with E-state index in [1.165, 1.54) is 5.56 Å². The number of ether oxygens (including phenoxy) is 2. The zero-order valence-electron chi connectivity index (χ0n) is 10.7. The van der Waals surface area contributed by atoms with Gasteiger partial charge in [-0.25, -0.2) is 0 Å². The van der Waals surface area contributed by atoms with E-state index in [-0.39, 0.29) is 11.9 Å². The molecule has 1 aromatic rings. The molecule has 2 unspecified atom stereocenters. The van der Waals surface area contributed by atoms with Gasteiger partial charge in [0.25, 0.3) is 5.91 Å². The number of hydrogen-bond donors (Lipinski definition) is 1. The molecular formula is C14H18BrNO3. The second kappa shape index (κ2) is 7.62. The van der Waals surface area contributed by atoms with E-state index in [1.807, 2.05) is 18.2 Å². The Morgan fingerprint density at radius 2 is 2.16 bits per heavy atom. The lowest BCUT2D eigenvalue weighted by Crippen LogP contribution is -2.47. The van der Waals surface area contributed by atoms with Crippen molar-refractivity contribution in [2.45, 2.75) is 18.6 Å². The molecule has 0 aliphatic carbocycles. The normalized spacial score (nSPS) is 20.8. The summed E-state index contributed by atoms with van der Waals surface area (Å²) in [5.74, 6) is -0.0971. The van der Waals surface area contributed by atoms with Gasteiger partial charge in [0.15, 0.2) is 6.10 Å². The van der Waals surface area contributed by atoms with E-state index in [1.54, 1.807) is 0 Å². The van der Waals surface area contributed by atoms with Crippen molar-refractivity contribution in [3.8, 4) is 0 Å². The molecule has 2 atom stereocenters. The van der Waals surface area contributed by atoms with Crippen molar-refractivity contribution in [3.63, 3.8) is 0 Å². The molecular weight excluding hydrogens is 310 g/mol. The summed E-state index contributed by atoms with van der Waals surface area (Å²) < 4.78 is 10.6. The lowest BCUT2D eigenvalue weighted by atomic mass is 10.1. The number of nitrogens with one attached hydrogen (secondary N) is 1. The van der Waals surface area contributed by atoms with Gasteiger partial charge in [-0.2, -0.15) is 0 Å². The number of benzene rings is 1. The minimum atomic E-state index is -0.480. The Balaban J connectivity index is 1.86. The van der Waals surface area contributed by atoms with Gasteiger partial charge in [-0.05, 0) is 12.0 Å². The molecule has 0 spiro atoms. The van der Waals surface area contributed by atoms with E-state index in [9.17, 15) is 4.79 Å². The van der Waals surface area contributed by atoms with Crippen LogP contribution in [0.5, 0.6) is 0 Å². The van der Waals surface area contributed by atoms with E-state index in [0.717, 1.165) is 6.42 Å². The molecule has 1 fully saturated rings. The second-order valence-electron chi connectivity index (χ2n) is 4.48. The van der Waals surface area contributed by atoms with Crippen molar-refractivity contribution >= 4 is 21.8 Å². The predicted octanol–water partition coefficient (Wildman–Crippen LogP) is 1.52. The Bertz CT molecular complexity index is 393. The highest BCUT2D eigenvalue weighted by Crippen LogP contribution is 2.07. The molecule has 5 heteroatoms. The van der Waals surface area contributed by atoms with Crippen molar-refractivity contribution in [2.75, 3.05) is 25.2 Å². The maximum Gasteiger partial charge on any atom is 0.251 e. The highest BCUT2D eigenvalue weighted by atomic mass is 79.9. The molecule has 4 nitrogen and oxygen atoms in total. The number of hydrogen-bond acceptors (Lipinski definition) is 3. The van der Waals surface area contributed by atoms with Gasteiger partial charge >= 0.3 is 0 Å². The minimum absolute atomic E-state index is 0.0560. The first kappa shape index (κ1) is 14.5. The van der Waals surface area contributed by atoms with Crippen LogP contribution in [-0.2, 0) is 20.7 Å². The molecule has 1 aromatic carbocycles. The van der Waals surface area contributed by atoms with Crippen molar-refractivity contribution < 1.29 is 14.3 Å². The molecule has 1 saturated heterocycles. The number of carbonyl (C=O) groups excluding carboxylic acids is 1. The maximum absolute atomic E-state index is 12.0. The summed E-state index contributed by atoms with van der Waals surface area (Å²) >= 11 is 3.44. The molecule has 2 rings (SSSR count). The van der Waals surface area contributed by atoms with Crippen LogP contribution < -0.4 is 5.32 Å². The fraction of sp³-hybridized carbons (Fsp3) is 0.500. The molecule has 1 aliphatic heterocycles. The van der Waals surface area contributed by atoms with Gasteiger partial charge in [-0.1, -0.05) is 46.3 Å². The molecule has 1 aliphatic rings. The lowest BCUT2D eigenvalue weighted by Gasteiger charge is -2.24. The number of alkyl halides is 1. The first-order valence-corrected chi connectivity index (χ1v) is 7.51. The zero-order valence-corrected chi connectivity index (χ0v) is 12.3. The van der Waals surface area contributed by atoms with Gasteiger partial charge in [-0.3, -0.25) is 4.79 Å². The largest absolute Gasteiger partial charge is 0.376 e. The molecule has 19 heavy (non-hydrogen) atoms. The summed E-state index contributed by atoms with van der Waals surface area (Å²) in [6.07, 6.45) is 0.317. The fourth-order valence-corrected chi connectivity index (χ4v) is 2.37. The maximum atomic E-state index is 12.0. The summed E-state index contributed by atoms with van der Waals surface area (Å²) in [6.45, 7) is 1.39. The van der Waals surface area contributed by atoms with Crippen LogP contribution in [0.25, 0.3) is 0 Å². The highest BCUT2D eigenvalue weighted by molar-refractivity contribution is 9.09. The van der Waals surface area contributed by atoms with Crippen LogP contribution >= 0.6 is 15.9 Å². The van der Waals surface area contributed by atoms with E-state index in [0.29, 0.717) is 25.2 Å². The topological polar surface area (TPSA) is 47.6 Å². The van der Waals surface area contributed by atoms with Gasteiger partial charge in [0.1, 0.15) is 0 Å². The van der Waals surface area contributed by atoms with Crippen LogP contribution in [0.2, 0.25) is 0 Å². The summed E-state index contributed by atoms with van der Waals surface area (Å²) in [7, 11) is 0. The Morgan fingerprint density at radius 1 is 1.37 bits per heavy atom.